The second kappa shape index (κ2) is 3.78. The molecule has 0 saturated carbocycles. The molecule has 3 heteroatoms. The van der Waals surface area contributed by atoms with Crippen LogP contribution >= 0.6 is 11.3 Å². The number of rotatable bonds is 1. The van der Waals surface area contributed by atoms with E-state index in [1.54, 1.807) is 0 Å². The van der Waals surface area contributed by atoms with Gasteiger partial charge in [-0.2, -0.15) is 0 Å². The van der Waals surface area contributed by atoms with Crippen LogP contribution in [0.4, 0.5) is 0 Å². The summed E-state index contributed by atoms with van der Waals surface area (Å²) in [5.74, 6) is 0. The summed E-state index contributed by atoms with van der Waals surface area (Å²) in [5.41, 5.74) is 1.42. The highest BCUT2D eigenvalue weighted by Crippen LogP contribution is 2.27. The van der Waals surface area contributed by atoms with Gasteiger partial charge in [-0.15, -0.1) is 11.3 Å². The number of aryl methyl sites for hydroxylation is 2. The van der Waals surface area contributed by atoms with Gasteiger partial charge >= 0.3 is 0 Å². The van der Waals surface area contributed by atoms with Gasteiger partial charge in [-0.25, -0.2) is 0 Å². The molecule has 1 atom stereocenters. The van der Waals surface area contributed by atoms with Crippen LogP contribution in [0.5, 0.6) is 0 Å². The molecule has 0 aromatic carbocycles. The molecule has 0 amide bonds. The van der Waals surface area contributed by atoms with E-state index in [0.29, 0.717) is 6.04 Å². The number of ether oxygens (including phenoxy) is 1. The molecule has 1 aromatic rings. The standard InChI is InChI=1S/C10H15NOS/c1-7-5-9(8(2)13-7)10-6-12-4-3-11-10/h5,10-11H,3-4,6H2,1-2H3/t10-/m1/s1. The van der Waals surface area contributed by atoms with E-state index in [9.17, 15) is 0 Å². The number of hydrogen-bond donors (Lipinski definition) is 1. The van der Waals surface area contributed by atoms with Crippen LogP contribution in [0.3, 0.4) is 0 Å². The monoisotopic (exact) mass is 197 g/mol. The number of morpholine rings is 1. The van der Waals surface area contributed by atoms with Crippen molar-refractivity contribution < 1.29 is 4.74 Å². The fraction of sp³-hybridized carbons (Fsp3) is 0.600. The summed E-state index contributed by atoms with van der Waals surface area (Å²) in [6, 6.07) is 2.69. The molecule has 0 radical (unpaired) electrons. The van der Waals surface area contributed by atoms with E-state index < -0.39 is 0 Å². The topological polar surface area (TPSA) is 21.3 Å². The lowest BCUT2D eigenvalue weighted by Crippen LogP contribution is -2.34. The Morgan fingerprint density at radius 3 is 2.92 bits per heavy atom. The van der Waals surface area contributed by atoms with Crippen LogP contribution < -0.4 is 5.32 Å². The molecular weight excluding hydrogens is 182 g/mol. The SMILES string of the molecule is Cc1cc([C@H]2COCCN2)c(C)s1. The van der Waals surface area contributed by atoms with Crippen LogP contribution in [0.15, 0.2) is 6.07 Å². The predicted molar refractivity (Wildman–Crippen MR) is 55.4 cm³/mol. The van der Waals surface area contributed by atoms with Crippen molar-refractivity contribution in [1.82, 2.24) is 5.32 Å². The molecule has 1 aliphatic heterocycles. The largest absolute Gasteiger partial charge is 0.378 e. The molecule has 0 aliphatic carbocycles. The van der Waals surface area contributed by atoms with E-state index in [-0.39, 0.29) is 0 Å². The summed E-state index contributed by atoms with van der Waals surface area (Å²) in [5, 5.41) is 3.47. The van der Waals surface area contributed by atoms with Gasteiger partial charge in [0.25, 0.3) is 0 Å². The molecule has 2 nitrogen and oxygen atoms in total. The first-order valence-corrected chi connectivity index (χ1v) is 5.47. The third kappa shape index (κ3) is 1.93. The average Bonchev–Trinajstić information content (AvgIpc) is 2.47. The van der Waals surface area contributed by atoms with Crippen molar-refractivity contribution in [3.05, 3.63) is 21.4 Å². The molecule has 1 aliphatic rings. The van der Waals surface area contributed by atoms with Crippen LogP contribution in [0.1, 0.15) is 21.4 Å². The molecule has 2 heterocycles. The van der Waals surface area contributed by atoms with Crippen LogP contribution in [0.2, 0.25) is 0 Å². The summed E-state index contributed by atoms with van der Waals surface area (Å²) < 4.78 is 5.44. The lowest BCUT2D eigenvalue weighted by molar-refractivity contribution is 0.0768. The average molecular weight is 197 g/mol. The Kier molecular flexibility index (Phi) is 2.67. The van der Waals surface area contributed by atoms with Crippen LogP contribution in [0, 0.1) is 13.8 Å². The summed E-state index contributed by atoms with van der Waals surface area (Å²) in [6.45, 7) is 6.98. The van der Waals surface area contributed by atoms with Gasteiger partial charge in [0, 0.05) is 16.3 Å². The molecule has 13 heavy (non-hydrogen) atoms. The first-order chi connectivity index (χ1) is 6.27. The van der Waals surface area contributed by atoms with Crippen molar-refractivity contribution in [2.24, 2.45) is 0 Å². The van der Waals surface area contributed by atoms with Crippen molar-refractivity contribution in [3.8, 4) is 0 Å². The van der Waals surface area contributed by atoms with Gasteiger partial charge in [0.05, 0.1) is 19.3 Å². The van der Waals surface area contributed by atoms with Crippen molar-refractivity contribution in [3.63, 3.8) is 0 Å². The second-order valence-corrected chi connectivity index (χ2v) is 4.91. The van der Waals surface area contributed by atoms with E-state index in [1.165, 1.54) is 15.3 Å². The fourth-order valence-electron chi connectivity index (χ4n) is 1.76. The van der Waals surface area contributed by atoms with E-state index in [4.69, 9.17) is 4.74 Å². The van der Waals surface area contributed by atoms with E-state index >= 15 is 0 Å². The Morgan fingerprint density at radius 1 is 1.54 bits per heavy atom. The number of hydrogen-bond acceptors (Lipinski definition) is 3. The first-order valence-electron chi connectivity index (χ1n) is 4.65. The molecular formula is C10H15NOS. The Bertz CT molecular complexity index is 289. The molecule has 1 fully saturated rings. The zero-order valence-corrected chi connectivity index (χ0v) is 8.91. The highest BCUT2D eigenvalue weighted by molar-refractivity contribution is 7.12. The number of nitrogens with one attached hydrogen (secondary N) is 1. The maximum absolute atomic E-state index is 5.44. The van der Waals surface area contributed by atoms with Gasteiger partial charge in [0.2, 0.25) is 0 Å². The van der Waals surface area contributed by atoms with E-state index in [2.05, 4.69) is 25.2 Å². The number of thiophene rings is 1. The molecule has 1 saturated heterocycles. The van der Waals surface area contributed by atoms with Crippen LogP contribution in [-0.4, -0.2) is 19.8 Å². The Morgan fingerprint density at radius 2 is 2.38 bits per heavy atom. The second-order valence-electron chi connectivity index (χ2n) is 3.45. The Hall–Kier alpha value is -0.380. The normalized spacial score (nSPS) is 23.4. The van der Waals surface area contributed by atoms with Crippen LogP contribution in [0.25, 0.3) is 0 Å². The molecule has 72 valence electrons. The van der Waals surface area contributed by atoms with Gasteiger partial charge in [0.1, 0.15) is 0 Å². The molecule has 0 unspecified atom stereocenters. The zero-order chi connectivity index (χ0) is 9.26. The van der Waals surface area contributed by atoms with Gasteiger partial charge in [0.15, 0.2) is 0 Å². The summed E-state index contributed by atoms with van der Waals surface area (Å²) >= 11 is 1.87. The third-order valence-electron chi connectivity index (χ3n) is 2.38. The first kappa shape index (κ1) is 9.19. The third-order valence-corrected chi connectivity index (χ3v) is 3.36. The summed E-state index contributed by atoms with van der Waals surface area (Å²) in [6.07, 6.45) is 0. The van der Waals surface area contributed by atoms with Gasteiger partial charge in [-0.05, 0) is 25.5 Å². The lowest BCUT2D eigenvalue weighted by Gasteiger charge is -2.23. The highest BCUT2D eigenvalue weighted by Gasteiger charge is 2.18. The molecule has 0 bridgehead atoms. The zero-order valence-electron chi connectivity index (χ0n) is 8.09. The summed E-state index contributed by atoms with van der Waals surface area (Å²) in [7, 11) is 0. The van der Waals surface area contributed by atoms with Crippen molar-refractivity contribution >= 4 is 11.3 Å². The quantitative estimate of drug-likeness (QED) is 0.743. The summed E-state index contributed by atoms with van der Waals surface area (Å²) in [4.78, 5) is 2.81. The predicted octanol–water partition coefficient (Wildman–Crippen LogP) is 2.03. The van der Waals surface area contributed by atoms with Gasteiger partial charge in [-0.1, -0.05) is 0 Å². The van der Waals surface area contributed by atoms with Crippen LogP contribution in [-0.2, 0) is 4.74 Å². The van der Waals surface area contributed by atoms with E-state index in [1.807, 2.05) is 11.3 Å². The smallest absolute Gasteiger partial charge is 0.0662 e. The minimum Gasteiger partial charge on any atom is -0.378 e. The minimum absolute atomic E-state index is 0.415. The minimum atomic E-state index is 0.415. The van der Waals surface area contributed by atoms with Crippen molar-refractivity contribution in [2.75, 3.05) is 19.8 Å². The molecule has 0 spiro atoms. The van der Waals surface area contributed by atoms with Crippen molar-refractivity contribution in [1.29, 1.82) is 0 Å². The Labute approximate surface area is 82.9 Å². The molecule has 1 aromatic heterocycles. The fourth-order valence-corrected chi connectivity index (χ4v) is 2.75. The van der Waals surface area contributed by atoms with Crippen molar-refractivity contribution in [2.45, 2.75) is 19.9 Å². The van der Waals surface area contributed by atoms with Gasteiger partial charge < -0.3 is 10.1 Å². The van der Waals surface area contributed by atoms with E-state index in [0.717, 1.165) is 19.8 Å². The maximum Gasteiger partial charge on any atom is 0.0662 e. The maximum atomic E-state index is 5.44. The highest BCUT2D eigenvalue weighted by atomic mass is 32.1. The van der Waals surface area contributed by atoms with Gasteiger partial charge in [-0.3, -0.25) is 0 Å². The molecule has 1 N–H and O–H groups in total. The lowest BCUT2D eigenvalue weighted by atomic mass is 10.1. The Balaban J connectivity index is 2.18. The molecule has 2 rings (SSSR count).